The van der Waals surface area contributed by atoms with E-state index in [0.29, 0.717) is 12.5 Å². The Morgan fingerprint density at radius 1 is 0.905 bits per heavy atom. The zero-order valence-corrected chi connectivity index (χ0v) is 13.4. The lowest BCUT2D eigenvalue weighted by molar-refractivity contribution is 0.237. The lowest BCUT2D eigenvalue weighted by atomic mass is 9.90. The van der Waals surface area contributed by atoms with Gasteiger partial charge in [0.2, 0.25) is 0 Å². The first kappa shape index (κ1) is 16.5. The molecule has 0 radical (unpaired) electrons. The maximum atomic E-state index is 11.8. The van der Waals surface area contributed by atoms with Crippen LogP contribution in [-0.2, 0) is 10.2 Å². The van der Waals surface area contributed by atoms with E-state index < -0.39 is 16.2 Å². The molecular weight excluding hydrogens is 290 g/mol. The lowest BCUT2D eigenvalue weighted by Gasteiger charge is -2.23. The van der Waals surface area contributed by atoms with Gasteiger partial charge in [-0.25, -0.2) is 9.52 Å². The normalized spacial score (nSPS) is 21.9. The molecule has 2 aliphatic carbocycles. The van der Waals surface area contributed by atoms with Crippen molar-refractivity contribution >= 4 is 16.2 Å². The van der Waals surface area contributed by atoms with Gasteiger partial charge >= 0.3 is 16.2 Å². The quantitative estimate of drug-likeness (QED) is 0.725. The van der Waals surface area contributed by atoms with Gasteiger partial charge in [-0.05, 0) is 31.6 Å². The number of hydrogen-bond donors (Lipinski definition) is 3. The molecule has 0 aliphatic heterocycles. The Hall–Kier alpha value is -0.820. The fourth-order valence-corrected chi connectivity index (χ4v) is 4.07. The van der Waals surface area contributed by atoms with E-state index in [2.05, 4.69) is 14.8 Å². The van der Waals surface area contributed by atoms with Crippen LogP contribution >= 0.6 is 0 Å². The summed E-state index contributed by atoms with van der Waals surface area (Å²) in [5, 5.41) is 2.74. The molecule has 6 nitrogen and oxygen atoms in total. The van der Waals surface area contributed by atoms with Crippen LogP contribution in [0.1, 0.15) is 64.2 Å². The second-order valence-electron chi connectivity index (χ2n) is 6.27. The van der Waals surface area contributed by atoms with E-state index in [1.807, 2.05) is 0 Å². The Balaban J connectivity index is 1.70. The van der Waals surface area contributed by atoms with Crippen molar-refractivity contribution in [3.63, 3.8) is 0 Å². The van der Waals surface area contributed by atoms with Crippen molar-refractivity contribution in [3.05, 3.63) is 0 Å². The third kappa shape index (κ3) is 6.22. The second-order valence-corrected chi connectivity index (χ2v) is 7.77. The monoisotopic (exact) mass is 317 g/mol. The predicted octanol–water partition coefficient (Wildman–Crippen LogP) is 2.03. The minimum Gasteiger partial charge on any atom is -0.335 e. The topological polar surface area (TPSA) is 87.3 Å². The number of urea groups is 1. The Bertz CT molecular complexity index is 427. The third-order valence-corrected chi connectivity index (χ3v) is 5.46. The summed E-state index contributed by atoms with van der Waals surface area (Å²) >= 11 is 0. The molecule has 0 aromatic heterocycles. The van der Waals surface area contributed by atoms with Crippen LogP contribution in [0.3, 0.4) is 0 Å². The van der Waals surface area contributed by atoms with Crippen molar-refractivity contribution in [1.29, 1.82) is 0 Å². The van der Waals surface area contributed by atoms with Gasteiger partial charge in [0.15, 0.2) is 0 Å². The van der Waals surface area contributed by atoms with Gasteiger partial charge in [0.1, 0.15) is 0 Å². The first-order valence-corrected chi connectivity index (χ1v) is 9.61. The summed E-state index contributed by atoms with van der Waals surface area (Å²) in [6.45, 7) is 0.423. The highest BCUT2D eigenvalue weighted by molar-refractivity contribution is 7.88. The van der Waals surface area contributed by atoms with Crippen LogP contribution < -0.4 is 14.8 Å². The van der Waals surface area contributed by atoms with Crippen molar-refractivity contribution < 1.29 is 13.2 Å². The van der Waals surface area contributed by atoms with Gasteiger partial charge in [-0.1, -0.05) is 38.5 Å². The van der Waals surface area contributed by atoms with Crippen LogP contribution in [0.5, 0.6) is 0 Å². The maximum Gasteiger partial charge on any atom is 0.329 e. The molecule has 0 atom stereocenters. The van der Waals surface area contributed by atoms with Crippen LogP contribution in [0.2, 0.25) is 0 Å². The zero-order chi connectivity index (χ0) is 15.1. The average molecular weight is 317 g/mol. The average Bonchev–Trinajstić information content (AvgIpc) is 2.47. The van der Waals surface area contributed by atoms with E-state index in [1.165, 1.54) is 25.7 Å². The van der Waals surface area contributed by atoms with E-state index in [1.54, 1.807) is 0 Å². The summed E-state index contributed by atoms with van der Waals surface area (Å²) in [5.41, 5.74) is 0. The highest BCUT2D eigenvalue weighted by Gasteiger charge is 2.21. The standard InChI is InChI=1S/C14H27N3O3S/c18-14(16-13-9-5-2-6-10-13)17-21(19,20)15-11-12-7-3-1-4-8-12/h12-13,15H,1-11H2,(H2,16,17,18). The summed E-state index contributed by atoms with van der Waals surface area (Å²) in [7, 11) is -3.74. The van der Waals surface area contributed by atoms with Crippen molar-refractivity contribution in [2.24, 2.45) is 5.92 Å². The van der Waals surface area contributed by atoms with Gasteiger partial charge in [-0.15, -0.1) is 0 Å². The van der Waals surface area contributed by atoms with Gasteiger partial charge in [0, 0.05) is 12.6 Å². The number of carbonyl (C=O) groups is 1. The van der Waals surface area contributed by atoms with Crippen molar-refractivity contribution in [1.82, 2.24) is 14.8 Å². The fourth-order valence-electron chi connectivity index (χ4n) is 3.24. The molecule has 2 fully saturated rings. The first-order valence-electron chi connectivity index (χ1n) is 8.13. The molecular formula is C14H27N3O3S. The second kappa shape index (κ2) is 7.98. The number of hydrogen-bond acceptors (Lipinski definition) is 3. The van der Waals surface area contributed by atoms with Crippen LogP contribution in [0.4, 0.5) is 4.79 Å². The molecule has 7 heteroatoms. The minimum absolute atomic E-state index is 0.104. The molecule has 21 heavy (non-hydrogen) atoms. The summed E-state index contributed by atoms with van der Waals surface area (Å²) < 4.78 is 28.2. The van der Waals surface area contributed by atoms with Crippen LogP contribution in [0, 0.1) is 5.92 Å². The number of rotatable bonds is 5. The minimum atomic E-state index is -3.74. The molecule has 0 saturated heterocycles. The van der Waals surface area contributed by atoms with E-state index in [4.69, 9.17) is 0 Å². The Kier molecular flexibility index (Phi) is 6.29. The Morgan fingerprint density at radius 2 is 1.48 bits per heavy atom. The lowest BCUT2D eigenvalue weighted by Crippen LogP contribution is -2.49. The van der Waals surface area contributed by atoms with Gasteiger partial charge in [0.25, 0.3) is 0 Å². The molecule has 0 aromatic carbocycles. The van der Waals surface area contributed by atoms with Crippen LogP contribution in [0.15, 0.2) is 0 Å². The van der Waals surface area contributed by atoms with Crippen molar-refractivity contribution in [2.45, 2.75) is 70.3 Å². The molecule has 122 valence electrons. The summed E-state index contributed by atoms with van der Waals surface area (Å²) in [4.78, 5) is 11.7. The molecule has 2 saturated carbocycles. The van der Waals surface area contributed by atoms with E-state index in [-0.39, 0.29) is 6.04 Å². The summed E-state index contributed by atoms with van der Waals surface area (Å²) in [6, 6.07) is -0.509. The summed E-state index contributed by atoms with van der Waals surface area (Å²) in [6.07, 6.45) is 11.0. The molecule has 2 amide bonds. The van der Waals surface area contributed by atoms with Gasteiger partial charge in [0.05, 0.1) is 0 Å². The molecule has 0 heterocycles. The van der Waals surface area contributed by atoms with Gasteiger partial charge in [-0.2, -0.15) is 13.1 Å². The molecule has 0 unspecified atom stereocenters. The van der Waals surface area contributed by atoms with Crippen LogP contribution in [-0.4, -0.2) is 27.0 Å². The Morgan fingerprint density at radius 3 is 2.10 bits per heavy atom. The SMILES string of the molecule is O=C(NC1CCCCC1)NS(=O)(=O)NCC1CCCCC1. The van der Waals surface area contributed by atoms with Crippen molar-refractivity contribution in [3.8, 4) is 0 Å². The first-order chi connectivity index (χ1) is 10.1. The van der Waals surface area contributed by atoms with E-state index in [0.717, 1.165) is 38.5 Å². The van der Waals surface area contributed by atoms with Gasteiger partial charge < -0.3 is 5.32 Å². The highest BCUT2D eigenvalue weighted by atomic mass is 32.2. The van der Waals surface area contributed by atoms with Crippen molar-refractivity contribution in [2.75, 3.05) is 6.54 Å². The summed E-state index contributed by atoms with van der Waals surface area (Å²) in [5.74, 6) is 0.400. The molecule has 0 bridgehead atoms. The van der Waals surface area contributed by atoms with E-state index >= 15 is 0 Å². The molecule has 2 aliphatic rings. The molecule has 0 aromatic rings. The largest absolute Gasteiger partial charge is 0.335 e. The number of nitrogens with one attached hydrogen (secondary N) is 3. The number of amides is 2. The predicted molar refractivity (Wildman–Crippen MR) is 82.0 cm³/mol. The highest BCUT2D eigenvalue weighted by Crippen LogP contribution is 2.22. The van der Waals surface area contributed by atoms with Gasteiger partial charge in [-0.3, -0.25) is 0 Å². The third-order valence-electron chi connectivity index (χ3n) is 4.45. The maximum absolute atomic E-state index is 11.8. The Labute approximate surface area is 127 Å². The van der Waals surface area contributed by atoms with Crippen LogP contribution in [0.25, 0.3) is 0 Å². The fraction of sp³-hybridized carbons (Fsp3) is 0.929. The molecule has 3 N–H and O–H groups in total. The smallest absolute Gasteiger partial charge is 0.329 e. The number of carbonyl (C=O) groups excluding carboxylic acids is 1. The zero-order valence-electron chi connectivity index (χ0n) is 12.6. The molecule has 0 spiro atoms. The van der Waals surface area contributed by atoms with E-state index in [9.17, 15) is 13.2 Å². The molecule has 2 rings (SSSR count).